The van der Waals surface area contributed by atoms with Crippen molar-refractivity contribution in [3.63, 3.8) is 0 Å². The molecule has 0 spiro atoms. The summed E-state index contributed by atoms with van der Waals surface area (Å²) < 4.78 is 0. The molecule has 8 bridgehead atoms. The second kappa shape index (κ2) is 13.8. The quantitative estimate of drug-likeness (QED) is 0.174. The van der Waals surface area contributed by atoms with Gasteiger partial charge in [0, 0.05) is 76.7 Å². The van der Waals surface area contributed by atoms with Gasteiger partial charge in [0.15, 0.2) is 0 Å². The highest BCUT2D eigenvalue weighted by atomic mass is 35.5. The second-order valence-corrected chi connectivity index (χ2v) is 13.2. The normalized spacial score (nSPS) is 16.1. The fourth-order valence-corrected chi connectivity index (χ4v) is 7.09. The second-order valence-electron chi connectivity index (χ2n) is 12.8. The topological polar surface area (TPSA) is 77.7 Å². The van der Waals surface area contributed by atoms with E-state index in [0.29, 0.717) is 12.3 Å². The minimum Gasteiger partial charge on any atom is -0.355 e. The zero-order valence-corrected chi connectivity index (χ0v) is 28.8. The number of carbonyl (C=O) groups excluding carboxylic acids is 1. The van der Waals surface area contributed by atoms with Crippen LogP contribution in [0.25, 0.3) is 39.8 Å². The Labute approximate surface area is 273 Å². The highest BCUT2D eigenvalue weighted by molar-refractivity contribution is 6.17. The fraction of sp³-hybridized carbons (Fsp3) is 0.447. The maximum Gasteiger partial charge on any atom is 0.222 e. The van der Waals surface area contributed by atoms with E-state index in [9.17, 15) is 4.79 Å². The van der Waals surface area contributed by atoms with Crippen LogP contribution in [0.3, 0.4) is 0 Å². The van der Waals surface area contributed by atoms with E-state index in [4.69, 9.17) is 21.6 Å². The molecular weight excluding hydrogens is 578 g/mol. The number of hydrogen-bond donors (Lipinski definition) is 2. The lowest BCUT2D eigenvalue weighted by Crippen LogP contribution is -2.28. The minimum absolute atomic E-state index is 0.116. The predicted octanol–water partition coefficient (Wildman–Crippen LogP) is 9.54. The number of halogens is 1. The highest BCUT2D eigenvalue weighted by Crippen LogP contribution is 2.42. The summed E-state index contributed by atoms with van der Waals surface area (Å²) in [5.41, 5.74) is 15.2. The van der Waals surface area contributed by atoms with E-state index in [2.05, 4.69) is 82.4 Å². The van der Waals surface area contributed by atoms with E-state index in [0.717, 1.165) is 106 Å². The Kier molecular flexibility index (Phi) is 10.0. The van der Waals surface area contributed by atoms with Crippen LogP contribution >= 0.6 is 11.6 Å². The van der Waals surface area contributed by atoms with Crippen LogP contribution in [-0.2, 0) is 11.2 Å². The standard InChI is InChI=1S/C38H48ClN5O/c1-9-27-24(5)33-21-36-28(10-2)23(4)32(41-36)20-34-25(6)29(14-15-37(45)44(8)17-13-11-12-16-39)38(43-34)26(7)31-18-22(3)30(40-31)19-35(27)42-33/h10,18-21,25,29,41-42H,2,9,11-17H2,1,3-8H3/t25-,29-/m0/s1. The van der Waals surface area contributed by atoms with Gasteiger partial charge in [0.05, 0.1) is 11.4 Å². The first kappa shape index (κ1) is 32.7. The van der Waals surface area contributed by atoms with Crippen molar-refractivity contribution in [1.82, 2.24) is 24.8 Å². The lowest BCUT2D eigenvalue weighted by molar-refractivity contribution is -0.130. The summed E-state index contributed by atoms with van der Waals surface area (Å²) in [5, 5.41) is 0. The van der Waals surface area contributed by atoms with Crippen LogP contribution in [0.1, 0.15) is 115 Å². The van der Waals surface area contributed by atoms with Crippen LogP contribution in [0.4, 0.5) is 0 Å². The average molecular weight is 626 g/mol. The first-order valence-corrected chi connectivity index (χ1v) is 17.0. The van der Waals surface area contributed by atoms with Gasteiger partial charge in [-0.1, -0.05) is 32.9 Å². The first-order chi connectivity index (χ1) is 21.6. The molecule has 5 heterocycles. The molecule has 1 amide bonds. The number of aryl methyl sites for hydroxylation is 3. The van der Waals surface area contributed by atoms with Crippen molar-refractivity contribution in [1.29, 1.82) is 0 Å². The molecule has 6 nitrogen and oxygen atoms in total. The van der Waals surface area contributed by atoms with Crippen LogP contribution in [0.2, 0.25) is 0 Å². The molecule has 2 atom stereocenters. The number of fused-ring (bicyclic) bond motifs is 8. The molecule has 0 aromatic carbocycles. The number of amides is 1. The summed E-state index contributed by atoms with van der Waals surface area (Å²) in [6.45, 7) is 17.9. The lowest BCUT2D eigenvalue weighted by Gasteiger charge is -2.20. The van der Waals surface area contributed by atoms with Gasteiger partial charge in [0.2, 0.25) is 5.91 Å². The molecule has 45 heavy (non-hydrogen) atoms. The molecule has 3 aromatic rings. The predicted molar refractivity (Wildman–Crippen MR) is 191 cm³/mol. The number of hydrogen-bond acceptors (Lipinski definition) is 3. The van der Waals surface area contributed by atoms with Crippen molar-refractivity contribution in [2.75, 3.05) is 19.5 Å². The van der Waals surface area contributed by atoms with Gasteiger partial charge in [0.25, 0.3) is 0 Å². The SMILES string of the molecule is C=Cc1c(C)c2cc3nc(c(C)c4nc(cc5[nH]c(cc1[nH]2)c(C)c5CC)C(C)=C4)[C@@H](CCC(=O)N(C)CCCCCCl)[C@@H]3C. The van der Waals surface area contributed by atoms with E-state index in [1.54, 1.807) is 0 Å². The number of nitrogens with zero attached hydrogens (tertiary/aromatic N) is 3. The van der Waals surface area contributed by atoms with Crippen LogP contribution in [-0.4, -0.2) is 50.2 Å². The third-order valence-corrected chi connectivity index (χ3v) is 10.2. The van der Waals surface area contributed by atoms with Gasteiger partial charge in [-0.25, -0.2) is 4.98 Å². The van der Waals surface area contributed by atoms with Crippen molar-refractivity contribution >= 4 is 57.3 Å². The largest absolute Gasteiger partial charge is 0.355 e. The molecule has 0 unspecified atom stereocenters. The third kappa shape index (κ3) is 6.53. The van der Waals surface area contributed by atoms with Gasteiger partial charge >= 0.3 is 0 Å². The van der Waals surface area contributed by atoms with E-state index in [1.165, 1.54) is 11.1 Å². The maximum atomic E-state index is 13.2. The number of unbranched alkanes of at least 4 members (excludes halogenated alkanes) is 2. The summed E-state index contributed by atoms with van der Waals surface area (Å²) >= 11 is 5.84. The van der Waals surface area contributed by atoms with Crippen molar-refractivity contribution in [3.05, 3.63) is 75.4 Å². The molecular formula is C38H48ClN5O. The molecule has 0 aliphatic carbocycles. The van der Waals surface area contributed by atoms with E-state index < -0.39 is 0 Å². The van der Waals surface area contributed by atoms with Gasteiger partial charge in [-0.05, 0) is 105 Å². The molecule has 5 rings (SSSR count). The Balaban J connectivity index is 1.67. The summed E-state index contributed by atoms with van der Waals surface area (Å²) in [6.07, 6.45) is 9.27. The van der Waals surface area contributed by atoms with Crippen molar-refractivity contribution in [2.24, 2.45) is 0 Å². The van der Waals surface area contributed by atoms with Crippen molar-refractivity contribution in [3.8, 4) is 0 Å². The third-order valence-electron chi connectivity index (χ3n) is 9.90. The van der Waals surface area contributed by atoms with Crippen LogP contribution in [0, 0.1) is 20.8 Å². The van der Waals surface area contributed by atoms with Crippen molar-refractivity contribution < 1.29 is 4.79 Å². The van der Waals surface area contributed by atoms with Gasteiger partial charge in [-0.3, -0.25) is 9.78 Å². The smallest absolute Gasteiger partial charge is 0.222 e. The Bertz CT molecular complexity index is 1810. The Morgan fingerprint density at radius 2 is 1.71 bits per heavy atom. The average Bonchev–Trinajstić information content (AvgIpc) is 3.72. The van der Waals surface area contributed by atoms with E-state index in [1.807, 2.05) is 18.0 Å². The number of nitrogens with one attached hydrogen (secondary N) is 2. The number of alkyl halides is 1. The molecule has 3 aromatic heterocycles. The fourth-order valence-electron chi connectivity index (χ4n) is 6.90. The van der Waals surface area contributed by atoms with E-state index in [-0.39, 0.29) is 17.7 Å². The number of allylic oxidation sites excluding steroid dienone is 1. The molecule has 0 saturated heterocycles. The molecule has 2 N–H and O–H groups in total. The summed E-state index contributed by atoms with van der Waals surface area (Å²) in [6, 6.07) is 6.58. The van der Waals surface area contributed by atoms with Crippen LogP contribution in [0.5, 0.6) is 0 Å². The Hall–Kier alpha value is -3.64. The highest BCUT2D eigenvalue weighted by Gasteiger charge is 2.31. The Morgan fingerprint density at radius 1 is 0.978 bits per heavy atom. The van der Waals surface area contributed by atoms with Gasteiger partial charge in [0.1, 0.15) is 0 Å². The van der Waals surface area contributed by atoms with Gasteiger partial charge < -0.3 is 14.9 Å². The van der Waals surface area contributed by atoms with Crippen LogP contribution < -0.4 is 0 Å². The summed E-state index contributed by atoms with van der Waals surface area (Å²) in [4.78, 5) is 32.9. The molecule has 7 heteroatoms. The lowest BCUT2D eigenvalue weighted by atomic mass is 9.85. The zero-order chi connectivity index (χ0) is 32.4. The zero-order valence-electron chi connectivity index (χ0n) is 28.0. The first-order valence-electron chi connectivity index (χ1n) is 16.4. The number of rotatable bonds is 10. The number of aromatic amines is 2. The number of aromatic nitrogens is 4. The van der Waals surface area contributed by atoms with Gasteiger partial charge in [-0.2, -0.15) is 0 Å². The number of H-pyrrole nitrogens is 2. The van der Waals surface area contributed by atoms with E-state index >= 15 is 0 Å². The summed E-state index contributed by atoms with van der Waals surface area (Å²) in [7, 11) is 1.92. The monoisotopic (exact) mass is 625 g/mol. The summed E-state index contributed by atoms with van der Waals surface area (Å²) in [5.74, 6) is 1.12. The van der Waals surface area contributed by atoms with Crippen molar-refractivity contribution in [2.45, 2.75) is 91.9 Å². The minimum atomic E-state index is 0.116. The molecule has 2 aliphatic heterocycles. The molecule has 0 fully saturated rings. The molecule has 0 radical (unpaired) electrons. The molecule has 0 saturated carbocycles. The molecule has 238 valence electrons. The Morgan fingerprint density at radius 3 is 2.42 bits per heavy atom. The van der Waals surface area contributed by atoms with Gasteiger partial charge in [-0.15, -0.1) is 11.6 Å². The maximum absolute atomic E-state index is 13.2. The van der Waals surface area contributed by atoms with Crippen LogP contribution in [0.15, 0.2) is 24.8 Å². The number of carbonyl (C=O) groups is 1. The molecule has 2 aliphatic rings.